The molecule has 0 aliphatic rings. The predicted octanol–water partition coefficient (Wildman–Crippen LogP) is 0.0650. The van der Waals surface area contributed by atoms with Crippen molar-refractivity contribution in [1.29, 1.82) is 0 Å². The molecule has 0 radical (unpaired) electrons. The van der Waals surface area contributed by atoms with E-state index in [-0.39, 0.29) is 30.6 Å². The quantitative estimate of drug-likeness (QED) is 0.634. The van der Waals surface area contributed by atoms with Gasteiger partial charge in [-0.3, -0.25) is 4.55 Å². The first-order valence-corrected chi connectivity index (χ1v) is 3.73. The number of rotatable bonds is 2. The van der Waals surface area contributed by atoms with Crippen molar-refractivity contribution in [1.82, 2.24) is 0 Å². The molecule has 0 saturated carbocycles. The lowest BCUT2D eigenvalue weighted by atomic mass is 10.4. The Labute approximate surface area is 72.7 Å². The summed E-state index contributed by atoms with van der Waals surface area (Å²) < 4.78 is 27.9. The Bertz CT molecular complexity index is 155. The van der Waals surface area contributed by atoms with E-state index in [1.807, 2.05) is 0 Å². The van der Waals surface area contributed by atoms with E-state index in [9.17, 15) is 8.42 Å². The minimum absolute atomic E-state index is 0. The summed E-state index contributed by atoms with van der Waals surface area (Å²) in [6.45, 7) is 1.51. The van der Waals surface area contributed by atoms with Crippen molar-refractivity contribution in [2.45, 2.75) is 13.0 Å². The van der Waals surface area contributed by atoms with Crippen molar-refractivity contribution >= 4 is 34.9 Å². The van der Waals surface area contributed by atoms with Crippen molar-refractivity contribution < 1.29 is 13.0 Å². The van der Waals surface area contributed by atoms with Crippen LogP contribution >= 0.6 is 24.8 Å². The van der Waals surface area contributed by atoms with Gasteiger partial charge >= 0.3 is 0 Å². The molecule has 10 heavy (non-hydrogen) atoms. The van der Waals surface area contributed by atoms with E-state index in [4.69, 9.17) is 10.3 Å². The van der Waals surface area contributed by atoms with E-state index in [1.54, 1.807) is 0 Å². The third-order valence-electron chi connectivity index (χ3n) is 0.474. The standard InChI is InChI=1S/C3H9NO3S.2ClH/c1-3(4)2-8(5,6)7;;/h3H,2,4H2,1H3,(H,5,6,7);2*1H. The molecule has 0 heterocycles. The van der Waals surface area contributed by atoms with Crippen LogP contribution < -0.4 is 5.73 Å². The van der Waals surface area contributed by atoms with Gasteiger partial charge in [-0.2, -0.15) is 8.42 Å². The molecule has 0 aromatic rings. The van der Waals surface area contributed by atoms with Gasteiger partial charge in [-0.05, 0) is 6.92 Å². The molecular formula is C3H11Cl2NO3S. The van der Waals surface area contributed by atoms with E-state index in [2.05, 4.69) is 0 Å². The summed E-state index contributed by atoms with van der Waals surface area (Å²) >= 11 is 0. The molecule has 1 atom stereocenters. The van der Waals surface area contributed by atoms with Crippen LogP contribution in [0.5, 0.6) is 0 Å². The topological polar surface area (TPSA) is 80.4 Å². The van der Waals surface area contributed by atoms with Gasteiger partial charge in [-0.25, -0.2) is 0 Å². The number of hydrogen-bond acceptors (Lipinski definition) is 3. The molecule has 0 aromatic heterocycles. The van der Waals surface area contributed by atoms with Crippen LogP contribution in [0.1, 0.15) is 6.92 Å². The molecule has 7 heteroatoms. The second-order valence-corrected chi connectivity index (χ2v) is 3.22. The van der Waals surface area contributed by atoms with Crippen molar-refractivity contribution in [3.05, 3.63) is 0 Å². The summed E-state index contributed by atoms with van der Waals surface area (Å²) in [4.78, 5) is 0. The van der Waals surface area contributed by atoms with E-state index >= 15 is 0 Å². The normalized spacial score (nSPS) is 12.7. The van der Waals surface area contributed by atoms with E-state index in [0.29, 0.717) is 0 Å². The van der Waals surface area contributed by atoms with Crippen molar-refractivity contribution in [2.75, 3.05) is 5.75 Å². The van der Waals surface area contributed by atoms with Gasteiger partial charge in [0.2, 0.25) is 0 Å². The predicted molar refractivity (Wildman–Crippen MR) is 44.6 cm³/mol. The lowest BCUT2D eigenvalue weighted by Crippen LogP contribution is -2.25. The van der Waals surface area contributed by atoms with Crippen LogP contribution in [0.3, 0.4) is 0 Å². The maximum atomic E-state index is 9.92. The van der Waals surface area contributed by atoms with E-state index < -0.39 is 16.2 Å². The third-order valence-corrected chi connectivity index (χ3v) is 1.42. The van der Waals surface area contributed by atoms with Gasteiger partial charge in [0.05, 0.1) is 5.75 Å². The summed E-state index contributed by atoms with van der Waals surface area (Å²) in [6.07, 6.45) is 0. The molecule has 3 N–H and O–H groups in total. The third kappa shape index (κ3) is 15.8. The van der Waals surface area contributed by atoms with Gasteiger partial charge in [0.15, 0.2) is 0 Å². The fourth-order valence-electron chi connectivity index (χ4n) is 0.332. The molecule has 1 unspecified atom stereocenters. The van der Waals surface area contributed by atoms with Gasteiger partial charge in [0.25, 0.3) is 10.1 Å². The van der Waals surface area contributed by atoms with Crippen molar-refractivity contribution in [2.24, 2.45) is 5.73 Å². The zero-order chi connectivity index (χ0) is 6.78. The maximum absolute atomic E-state index is 9.92. The molecule has 0 amide bonds. The zero-order valence-corrected chi connectivity index (χ0v) is 7.80. The minimum atomic E-state index is -3.85. The van der Waals surface area contributed by atoms with Gasteiger partial charge in [-0.1, -0.05) is 0 Å². The maximum Gasteiger partial charge on any atom is 0.266 e. The minimum Gasteiger partial charge on any atom is -0.327 e. The Balaban J connectivity index is -0.000000245. The number of hydrogen-bond donors (Lipinski definition) is 2. The molecule has 0 saturated heterocycles. The average Bonchev–Trinajstić information content (AvgIpc) is 1.21. The van der Waals surface area contributed by atoms with Crippen LogP contribution in [-0.2, 0) is 10.1 Å². The first-order chi connectivity index (χ1) is 3.42. The molecule has 0 aliphatic heterocycles. The fraction of sp³-hybridized carbons (Fsp3) is 1.00. The number of nitrogens with two attached hydrogens (primary N) is 1. The molecule has 0 rings (SSSR count). The summed E-state index contributed by atoms with van der Waals surface area (Å²) in [5.41, 5.74) is 5.04. The first-order valence-electron chi connectivity index (χ1n) is 2.12. The van der Waals surface area contributed by atoms with Gasteiger partial charge in [-0.15, -0.1) is 24.8 Å². The average molecular weight is 212 g/mol. The lowest BCUT2D eigenvalue weighted by Gasteiger charge is -1.98. The van der Waals surface area contributed by atoms with Crippen molar-refractivity contribution in [3.8, 4) is 0 Å². The van der Waals surface area contributed by atoms with Crippen LogP contribution in [-0.4, -0.2) is 24.8 Å². The highest BCUT2D eigenvalue weighted by Gasteiger charge is 2.06. The van der Waals surface area contributed by atoms with Gasteiger partial charge in [0, 0.05) is 6.04 Å². The Hall–Kier alpha value is 0.450. The summed E-state index contributed by atoms with van der Waals surface area (Å²) in [6, 6.07) is -0.495. The smallest absolute Gasteiger partial charge is 0.266 e. The van der Waals surface area contributed by atoms with Crippen LogP contribution in [0.2, 0.25) is 0 Å². The van der Waals surface area contributed by atoms with Gasteiger partial charge < -0.3 is 5.73 Å². The molecule has 0 aromatic carbocycles. The van der Waals surface area contributed by atoms with E-state index in [0.717, 1.165) is 0 Å². The highest BCUT2D eigenvalue weighted by molar-refractivity contribution is 7.85. The zero-order valence-electron chi connectivity index (χ0n) is 5.35. The largest absolute Gasteiger partial charge is 0.327 e. The highest BCUT2D eigenvalue weighted by atomic mass is 35.5. The van der Waals surface area contributed by atoms with Crippen LogP contribution in [0.4, 0.5) is 0 Å². The molecule has 0 spiro atoms. The second kappa shape index (κ2) is 6.18. The summed E-state index contributed by atoms with van der Waals surface area (Å²) in [7, 11) is -3.85. The Morgan fingerprint density at radius 3 is 1.80 bits per heavy atom. The summed E-state index contributed by atoms with van der Waals surface area (Å²) in [5, 5.41) is 0. The Morgan fingerprint density at radius 1 is 1.50 bits per heavy atom. The van der Waals surface area contributed by atoms with Crippen LogP contribution in [0, 0.1) is 0 Å². The molecule has 0 aliphatic carbocycles. The van der Waals surface area contributed by atoms with Crippen LogP contribution in [0.15, 0.2) is 0 Å². The Morgan fingerprint density at radius 2 is 1.80 bits per heavy atom. The molecule has 0 fully saturated rings. The van der Waals surface area contributed by atoms with E-state index in [1.165, 1.54) is 6.92 Å². The highest BCUT2D eigenvalue weighted by Crippen LogP contribution is 1.83. The Kier molecular flexibility index (Phi) is 10.4. The first kappa shape index (κ1) is 16.8. The SMILES string of the molecule is CC(N)CS(=O)(=O)O.Cl.Cl. The van der Waals surface area contributed by atoms with Crippen LogP contribution in [0.25, 0.3) is 0 Å². The molecule has 4 nitrogen and oxygen atoms in total. The lowest BCUT2D eigenvalue weighted by molar-refractivity contribution is 0.479. The molecule has 0 bridgehead atoms. The fourth-order valence-corrected chi connectivity index (χ4v) is 0.997. The molecule has 66 valence electrons. The molecular weight excluding hydrogens is 201 g/mol. The monoisotopic (exact) mass is 211 g/mol. The van der Waals surface area contributed by atoms with Crippen molar-refractivity contribution in [3.63, 3.8) is 0 Å². The summed E-state index contributed by atoms with van der Waals surface area (Å²) in [5.74, 6) is -0.368. The number of halogens is 2. The van der Waals surface area contributed by atoms with Gasteiger partial charge in [0.1, 0.15) is 0 Å². The second-order valence-electron chi connectivity index (χ2n) is 1.73.